The second-order valence-corrected chi connectivity index (χ2v) is 5.90. The highest BCUT2D eigenvalue weighted by molar-refractivity contribution is 6.30. The maximum atomic E-state index is 12.2. The SMILES string of the molecule is CCN(CC)C(=O)c1ccc(NC(=O)CNc2ccc(Cl)cc2)cc1. The van der Waals surface area contributed by atoms with Crippen molar-refractivity contribution >= 4 is 34.8 Å². The van der Waals surface area contributed by atoms with Crippen LogP contribution < -0.4 is 10.6 Å². The predicted octanol–water partition coefficient (Wildman–Crippen LogP) is 3.87. The largest absolute Gasteiger partial charge is 0.376 e. The number of benzene rings is 2. The van der Waals surface area contributed by atoms with Gasteiger partial charge in [-0.1, -0.05) is 11.6 Å². The number of rotatable bonds is 7. The van der Waals surface area contributed by atoms with Crippen LogP contribution in [-0.2, 0) is 4.79 Å². The van der Waals surface area contributed by atoms with Gasteiger partial charge in [0.25, 0.3) is 5.91 Å². The molecule has 0 bridgehead atoms. The standard InChI is InChI=1S/C19H22ClN3O2/c1-3-23(4-2)19(25)14-5-9-17(10-6-14)22-18(24)13-21-16-11-7-15(20)8-12-16/h5-12,21H,3-4,13H2,1-2H3,(H,22,24). The van der Waals surface area contributed by atoms with E-state index in [2.05, 4.69) is 10.6 Å². The number of halogens is 1. The monoisotopic (exact) mass is 359 g/mol. The summed E-state index contributed by atoms with van der Waals surface area (Å²) in [6, 6.07) is 14.0. The van der Waals surface area contributed by atoms with E-state index in [0.717, 1.165) is 5.69 Å². The lowest BCUT2D eigenvalue weighted by molar-refractivity contribution is -0.114. The van der Waals surface area contributed by atoms with E-state index >= 15 is 0 Å². The molecule has 0 spiro atoms. The van der Waals surface area contributed by atoms with Gasteiger partial charge in [0.15, 0.2) is 0 Å². The Morgan fingerprint density at radius 3 is 2.04 bits per heavy atom. The summed E-state index contributed by atoms with van der Waals surface area (Å²) in [5.41, 5.74) is 2.08. The molecule has 0 fully saturated rings. The number of hydrogen-bond donors (Lipinski definition) is 2. The van der Waals surface area contributed by atoms with E-state index < -0.39 is 0 Å². The van der Waals surface area contributed by atoms with Crippen LogP contribution in [0.5, 0.6) is 0 Å². The third kappa shape index (κ3) is 5.50. The second kappa shape index (κ2) is 9.08. The highest BCUT2D eigenvalue weighted by Crippen LogP contribution is 2.14. The summed E-state index contributed by atoms with van der Waals surface area (Å²) in [6.07, 6.45) is 0. The van der Waals surface area contributed by atoms with Gasteiger partial charge in [-0.3, -0.25) is 9.59 Å². The van der Waals surface area contributed by atoms with E-state index in [-0.39, 0.29) is 18.4 Å². The molecule has 25 heavy (non-hydrogen) atoms. The Balaban J connectivity index is 1.88. The number of anilines is 2. The summed E-state index contributed by atoms with van der Waals surface area (Å²) in [7, 11) is 0. The molecule has 0 aliphatic carbocycles. The van der Waals surface area contributed by atoms with Gasteiger partial charge in [-0.05, 0) is 62.4 Å². The van der Waals surface area contributed by atoms with Crippen molar-refractivity contribution in [2.75, 3.05) is 30.3 Å². The number of nitrogens with zero attached hydrogens (tertiary/aromatic N) is 1. The average Bonchev–Trinajstić information content (AvgIpc) is 2.63. The minimum absolute atomic E-state index is 0.00715. The molecular formula is C19H22ClN3O2. The topological polar surface area (TPSA) is 61.4 Å². The fraction of sp³-hybridized carbons (Fsp3) is 0.263. The highest BCUT2D eigenvalue weighted by Gasteiger charge is 2.12. The van der Waals surface area contributed by atoms with Crippen molar-refractivity contribution in [3.63, 3.8) is 0 Å². The van der Waals surface area contributed by atoms with Crippen LogP contribution in [-0.4, -0.2) is 36.3 Å². The normalized spacial score (nSPS) is 10.2. The number of nitrogens with one attached hydrogen (secondary N) is 2. The lowest BCUT2D eigenvalue weighted by Crippen LogP contribution is -2.30. The predicted molar refractivity (Wildman–Crippen MR) is 102 cm³/mol. The van der Waals surface area contributed by atoms with Crippen molar-refractivity contribution in [1.82, 2.24) is 4.90 Å². The van der Waals surface area contributed by atoms with Crippen LogP contribution in [0.1, 0.15) is 24.2 Å². The van der Waals surface area contributed by atoms with Crippen molar-refractivity contribution in [2.45, 2.75) is 13.8 Å². The molecule has 2 aromatic rings. The molecule has 0 unspecified atom stereocenters. The van der Waals surface area contributed by atoms with Crippen molar-refractivity contribution in [2.24, 2.45) is 0 Å². The Labute approximate surface area is 153 Å². The van der Waals surface area contributed by atoms with Gasteiger partial charge in [-0.2, -0.15) is 0 Å². The molecule has 2 amide bonds. The summed E-state index contributed by atoms with van der Waals surface area (Å²) < 4.78 is 0. The van der Waals surface area contributed by atoms with Crippen molar-refractivity contribution in [3.05, 3.63) is 59.1 Å². The maximum Gasteiger partial charge on any atom is 0.253 e. The molecule has 0 heterocycles. The van der Waals surface area contributed by atoms with Crippen LogP contribution >= 0.6 is 11.6 Å². The molecule has 132 valence electrons. The van der Waals surface area contributed by atoms with Crippen molar-refractivity contribution < 1.29 is 9.59 Å². The van der Waals surface area contributed by atoms with Crippen LogP contribution in [0.4, 0.5) is 11.4 Å². The second-order valence-electron chi connectivity index (χ2n) is 5.46. The van der Waals surface area contributed by atoms with Gasteiger partial charge in [0.1, 0.15) is 0 Å². The number of carbonyl (C=O) groups excluding carboxylic acids is 2. The summed E-state index contributed by atoms with van der Waals surface area (Å²) in [5.74, 6) is -0.176. The zero-order valence-corrected chi connectivity index (χ0v) is 15.1. The Hall–Kier alpha value is -2.53. The first-order valence-corrected chi connectivity index (χ1v) is 8.60. The molecule has 0 saturated heterocycles. The lowest BCUT2D eigenvalue weighted by atomic mass is 10.1. The van der Waals surface area contributed by atoms with Gasteiger partial charge in [0.2, 0.25) is 5.91 Å². The molecule has 2 aromatic carbocycles. The van der Waals surface area contributed by atoms with Gasteiger partial charge in [0.05, 0.1) is 6.54 Å². The Bertz CT molecular complexity index is 710. The van der Waals surface area contributed by atoms with E-state index in [9.17, 15) is 9.59 Å². The number of amides is 2. The summed E-state index contributed by atoms with van der Waals surface area (Å²) in [4.78, 5) is 26.0. The van der Waals surface area contributed by atoms with Gasteiger partial charge < -0.3 is 15.5 Å². The highest BCUT2D eigenvalue weighted by atomic mass is 35.5. The molecule has 0 saturated carbocycles. The molecule has 0 aromatic heterocycles. The smallest absolute Gasteiger partial charge is 0.253 e. The molecule has 0 radical (unpaired) electrons. The van der Waals surface area contributed by atoms with E-state index in [1.54, 1.807) is 41.3 Å². The first-order valence-electron chi connectivity index (χ1n) is 8.22. The first kappa shape index (κ1) is 18.8. The van der Waals surface area contributed by atoms with E-state index in [4.69, 9.17) is 11.6 Å². The fourth-order valence-electron chi connectivity index (χ4n) is 2.34. The summed E-state index contributed by atoms with van der Waals surface area (Å²) in [5, 5.41) is 6.46. The quantitative estimate of drug-likeness (QED) is 0.788. The summed E-state index contributed by atoms with van der Waals surface area (Å²) in [6.45, 7) is 5.38. The van der Waals surface area contributed by atoms with Crippen LogP contribution in [0.15, 0.2) is 48.5 Å². The van der Waals surface area contributed by atoms with Crippen molar-refractivity contribution in [3.8, 4) is 0 Å². The van der Waals surface area contributed by atoms with Gasteiger partial charge in [0, 0.05) is 35.1 Å². The van der Waals surface area contributed by atoms with Crippen LogP contribution in [0.25, 0.3) is 0 Å². The minimum Gasteiger partial charge on any atom is -0.376 e. The van der Waals surface area contributed by atoms with E-state index in [1.807, 2.05) is 26.0 Å². The maximum absolute atomic E-state index is 12.2. The van der Waals surface area contributed by atoms with Gasteiger partial charge >= 0.3 is 0 Å². The third-order valence-corrected chi connectivity index (χ3v) is 4.02. The zero-order valence-electron chi connectivity index (χ0n) is 14.4. The van der Waals surface area contributed by atoms with Gasteiger partial charge in [-0.15, -0.1) is 0 Å². The molecule has 0 aliphatic heterocycles. The lowest BCUT2D eigenvalue weighted by Gasteiger charge is -2.18. The van der Waals surface area contributed by atoms with Crippen molar-refractivity contribution in [1.29, 1.82) is 0 Å². The summed E-state index contributed by atoms with van der Waals surface area (Å²) >= 11 is 5.82. The third-order valence-electron chi connectivity index (χ3n) is 3.76. The Morgan fingerprint density at radius 2 is 1.48 bits per heavy atom. The Kier molecular flexibility index (Phi) is 6.83. The Morgan fingerprint density at radius 1 is 0.920 bits per heavy atom. The average molecular weight is 360 g/mol. The minimum atomic E-state index is -0.169. The fourth-order valence-corrected chi connectivity index (χ4v) is 2.47. The zero-order chi connectivity index (χ0) is 18.2. The van der Waals surface area contributed by atoms with E-state index in [1.165, 1.54) is 0 Å². The van der Waals surface area contributed by atoms with Gasteiger partial charge in [-0.25, -0.2) is 0 Å². The molecule has 2 N–H and O–H groups in total. The van der Waals surface area contributed by atoms with E-state index in [0.29, 0.717) is 29.4 Å². The number of carbonyl (C=O) groups is 2. The number of hydrogen-bond acceptors (Lipinski definition) is 3. The van der Waals surface area contributed by atoms with Crippen LogP contribution in [0.3, 0.4) is 0 Å². The molecule has 2 rings (SSSR count). The molecule has 0 aliphatic rings. The molecule has 5 nitrogen and oxygen atoms in total. The molecular weight excluding hydrogens is 338 g/mol. The first-order chi connectivity index (χ1) is 12.0. The molecule has 0 atom stereocenters. The van der Waals surface area contributed by atoms with Crippen LogP contribution in [0, 0.1) is 0 Å². The van der Waals surface area contributed by atoms with Crippen LogP contribution in [0.2, 0.25) is 5.02 Å². The molecule has 6 heteroatoms.